The van der Waals surface area contributed by atoms with Gasteiger partial charge in [-0.15, -0.1) is 0 Å². The molecule has 0 spiro atoms. The van der Waals surface area contributed by atoms with Gasteiger partial charge in [0.2, 0.25) is 6.10 Å². The molecule has 2 atom stereocenters. The number of H-pyrrole nitrogens is 1. The summed E-state index contributed by atoms with van der Waals surface area (Å²) in [4.78, 5) is 66.4. The molecular weight excluding hydrogens is 560 g/mol. The minimum atomic E-state index is -1.61. The van der Waals surface area contributed by atoms with Crippen LogP contribution in [0.15, 0.2) is 88.2 Å². The standard InChI is InChI=1S/C30H26N4O9/c1-18(35)42-24(27(36)31-22-12-10-20(11-13-22)26-32-30(39)43-33-26)25-28(37)34(14-15-40-25)23-9-5-8-21(16-23)29(38)41-17-19-6-3-2-4-7-19/h2-13,16,24-25H,14-15,17H2,1H3,(H,31,36)(H,32,33,39). The Balaban J connectivity index is 1.29. The van der Waals surface area contributed by atoms with E-state index in [0.717, 1.165) is 12.5 Å². The Hall–Kier alpha value is -5.56. The Kier molecular flexibility index (Phi) is 8.72. The molecule has 0 bridgehead atoms. The number of esters is 2. The van der Waals surface area contributed by atoms with Crippen molar-refractivity contribution >= 4 is 35.1 Å². The molecule has 220 valence electrons. The van der Waals surface area contributed by atoms with Crippen LogP contribution in [0.4, 0.5) is 11.4 Å². The van der Waals surface area contributed by atoms with Crippen LogP contribution >= 0.6 is 0 Å². The summed E-state index contributed by atoms with van der Waals surface area (Å²) < 4.78 is 20.8. The number of aromatic nitrogens is 2. The molecule has 43 heavy (non-hydrogen) atoms. The average Bonchev–Trinajstić information content (AvgIpc) is 3.46. The highest BCUT2D eigenvalue weighted by Gasteiger charge is 2.42. The van der Waals surface area contributed by atoms with Gasteiger partial charge in [-0.3, -0.25) is 23.9 Å². The maximum atomic E-state index is 13.6. The lowest BCUT2D eigenvalue weighted by Gasteiger charge is -2.35. The fourth-order valence-corrected chi connectivity index (χ4v) is 4.40. The minimum absolute atomic E-state index is 0.0364. The monoisotopic (exact) mass is 586 g/mol. The van der Waals surface area contributed by atoms with Crippen LogP contribution in [0.25, 0.3) is 11.4 Å². The van der Waals surface area contributed by atoms with Crippen molar-refractivity contribution in [2.45, 2.75) is 25.7 Å². The molecule has 2 unspecified atom stereocenters. The smallest absolute Gasteiger partial charge is 0.439 e. The van der Waals surface area contributed by atoms with Crippen molar-refractivity contribution in [2.24, 2.45) is 0 Å². The molecule has 0 radical (unpaired) electrons. The topological polar surface area (TPSA) is 170 Å². The zero-order valence-electron chi connectivity index (χ0n) is 22.9. The van der Waals surface area contributed by atoms with Crippen LogP contribution in [0.2, 0.25) is 0 Å². The van der Waals surface area contributed by atoms with Gasteiger partial charge in [0.05, 0.1) is 12.2 Å². The Morgan fingerprint density at radius 2 is 1.81 bits per heavy atom. The van der Waals surface area contributed by atoms with Crippen molar-refractivity contribution < 1.29 is 37.9 Å². The van der Waals surface area contributed by atoms with E-state index in [1.54, 1.807) is 30.3 Å². The predicted octanol–water partition coefficient (Wildman–Crippen LogP) is 2.69. The Morgan fingerprint density at radius 1 is 1.05 bits per heavy atom. The van der Waals surface area contributed by atoms with E-state index in [2.05, 4.69) is 20.0 Å². The lowest BCUT2D eigenvalue weighted by atomic mass is 10.1. The van der Waals surface area contributed by atoms with Crippen molar-refractivity contribution in [1.82, 2.24) is 10.1 Å². The molecule has 1 aliphatic rings. The van der Waals surface area contributed by atoms with Crippen molar-refractivity contribution in [3.63, 3.8) is 0 Å². The number of carbonyl (C=O) groups excluding carboxylic acids is 4. The average molecular weight is 587 g/mol. The minimum Gasteiger partial charge on any atom is -0.457 e. The van der Waals surface area contributed by atoms with E-state index in [1.807, 2.05) is 30.3 Å². The summed E-state index contributed by atoms with van der Waals surface area (Å²) in [5.41, 5.74) is 2.29. The zero-order valence-corrected chi connectivity index (χ0v) is 22.9. The van der Waals surface area contributed by atoms with Crippen LogP contribution in [0.5, 0.6) is 0 Å². The summed E-state index contributed by atoms with van der Waals surface area (Å²) in [7, 11) is 0. The maximum Gasteiger partial charge on any atom is 0.439 e. The normalized spacial score (nSPS) is 15.4. The molecule has 1 fully saturated rings. The second-order valence-corrected chi connectivity index (χ2v) is 9.43. The maximum absolute atomic E-state index is 13.6. The van der Waals surface area contributed by atoms with Crippen molar-refractivity contribution in [1.29, 1.82) is 0 Å². The summed E-state index contributed by atoms with van der Waals surface area (Å²) in [5.74, 6) is -3.29. The molecule has 1 saturated heterocycles. The van der Waals surface area contributed by atoms with Gasteiger partial charge in [-0.2, -0.15) is 0 Å². The highest BCUT2D eigenvalue weighted by molar-refractivity contribution is 6.05. The van der Waals surface area contributed by atoms with Crippen LogP contribution in [0.3, 0.4) is 0 Å². The Morgan fingerprint density at radius 3 is 2.51 bits per heavy atom. The first-order valence-corrected chi connectivity index (χ1v) is 13.2. The molecule has 13 heteroatoms. The van der Waals surface area contributed by atoms with Gasteiger partial charge in [-0.1, -0.05) is 41.6 Å². The molecule has 1 aliphatic heterocycles. The van der Waals surface area contributed by atoms with E-state index in [9.17, 15) is 24.0 Å². The van der Waals surface area contributed by atoms with Crippen LogP contribution in [-0.2, 0) is 35.2 Å². The number of amides is 2. The summed E-state index contributed by atoms with van der Waals surface area (Å²) in [5, 5.41) is 6.22. The Bertz CT molecular complexity index is 1680. The predicted molar refractivity (Wildman–Crippen MR) is 151 cm³/mol. The van der Waals surface area contributed by atoms with E-state index < -0.39 is 41.7 Å². The van der Waals surface area contributed by atoms with E-state index in [1.165, 1.54) is 23.1 Å². The molecule has 4 aromatic rings. The van der Waals surface area contributed by atoms with E-state index in [-0.39, 0.29) is 31.1 Å². The molecular formula is C30H26N4O9. The molecule has 0 saturated carbocycles. The number of ether oxygens (including phenoxy) is 3. The van der Waals surface area contributed by atoms with E-state index in [4.69, 9.17) is 14.2 Å². The second kappa shape index (κ2) is 13.0. The third kappa shape index (κ3) is 7.02. The first kappa shape index (κ1) is 29.0. The fraction of sp³-hybridized carbons (Fsp3) is 0.200. The third-order valence-electron chi connectivity index (χ3n) is 6.42. The number of aromatic amines is 1. The first-order chi connectivity index (χ1) is 20.8. The van der Waals surface area contributed by atoms with Crippen LogP contribution in [0, 0.1) is 0 Å². The van der Waals surface area contributed by atoms with Crippen molar-refractivity contribution in [3.8, 4) is 11.4 Å². The number of hydrogen-bond acceptors (Lipinski definition) is 10. The SMILES string of the molecule is CC(=O)OC(C(=O)Nc1ccc(-c2noc(=O)[nH]2)cc1)C1OCCN(c2cccc(C(=O)OCc3ccccc3)c2)C1=O. The van der Waals surface area contributed by atoms with Gasteiger partial charge >= 0.3 is 17.7 Å². The first-order valence-electron chi connectivity index (χ1n) is 13.2. The summed E-state index contributed by atoms with van der Waals surface area (Å²) in [6.45, 7) is 1.38. The Labute approximate surface area is 244 Å². The number of anilines is 2. The molecule has 5 rings (SSSR count). The number of carbonyl (C=O) groups is 4. The second-order valence-electron chi connectivity index (χ2n) is 9.43. The van der Waals surface area contributed by atoms with Crippen LogP contribution < -0.4 is 16.0 Å². The molecule has 2 heterocycles. The summed E-state index contributed by atoms with van der Waals surface area (Å²) in [6.07, 6.45) is -3.07. The number of rotatable bonds is 9. The largest absolute Gasteiger partial charge is 0.457 e. The number of morpholine rings is 1. The van der Waals surface area contributed by atoms with E-state index >= 15 is 0 Å². The lowest BCUT2D eigenvalue weighted by Crippen LogP contribution is -2.56. The zero-order chi connectivity index (χ0) is 30.3. The number of nitrogens with zero attached hydrogens (tertiary/aromatic N) is 2. The summed E-state index contributed by atoms with van der Waals surface area (Å²) in [6, 6.07) is 21.8. The van der Waals surface area contributed by atoms with Gasteiger partial charge in [0.1, 0.15) is 6.61 Å². The highest BCUT2D eigenvalue weighted by atomic mass is 16.6. The number of nitrogens with one attached hydrogen (secondary N) is 2. The van der Waals surface area contributed by atoms with Crippen molar-refractivity contribution in [2.75, 3.05) is 23.4 Å². The van der Waals surface area contributed by atoms with Gasteiger partial charge in [0, 0.05) is 30.4 Å². The number of hydrogen-bond donors (Lipinski definition) is 2. The van der Waals surface area contributed by atoms with Gasteiger partial charge in [0.15, 0.2) is 11.9 Å². The van der Waals surface area contributed by atoms with Gasteiger partial charge in [-0.05, 0) is 48.0 Å². The molecule has 0 aliphatic carbocycles. The van der Waals surface area contributed by atoms with Crippen LogP contribution in [-0.4, -0.2) is 59.3 Å². The third-order valence-corrected chi connectivity index (χ3v) is 6.42. The molecule has 1 aromatic heterocycles. The van der Waals surface area contributed by atoms with Crippen LogP contribution in [0.1, 0.15) is 22.8 Å². The van der Waals surface area contributed by atoms with Crippen molar-refractivity contribution in [3.05, 3.63) is 101 Å². The summed E-state index contributed by atoms with van der Waals surface area (Å²) >= 11 is 0. The fourth-order valence-electron chi connectivity index (χ4n) is 4.40. The van der Waals surface area contributed by atoms with Gasteiger partial charge < -0.3 is 24.4 Å². The molecule has 13 nitrogen and oxygen atoms in total. The molecule has 3 aromatic carbocycles. The van der Waals surface area contributed by atoms with Gasteiger partial charge in [-0.25, -0.2) is 9.59 Å². The highest BCUT2D eigenvalue weighted by Crippen LogP contribution is 2.24. The number of benzene rings is 3. The quantitative estimate of drug-likeness (QED) is 0.278. The molecule has 2 amide bonds. The lowest BCUT2D eigenvalue weighted by molar-refractivity contribution is -0.167. The van der Waals surface area contributed by atoms with Gasteiger partial charge in [0.25, 0.3) is 11.8 Å². The molecule has 2 N–H and O–H groups in total. The van der Waals surface area contributed by atoms with E-state index in [0.29, 0.717) is 16.9 Å².